The molecule has 0 aliphatic heterocycles. The second kappa shape index (κ2) is 10.2. The molecular weight excluding hydrogens is 276 g/mol. The SMILES string of the molecule is CCCCN(C[C@H](O)COc1ccc(C#N)cc1)[C@@H](C)CC. The molecule has 0 heterocycles. The number of nitrogens with zero attached hydrogens (tertiary/aromatic N) is 2. The van der Waals surface area contributed by atoms with Crippen molar-refractivity contribution in [3.8, 4) is 11.8 Å². The van der Waals surface area contributed by atoms with Gasteiger partial charge in [-0.05, 0) is 50.6 Å². The molecule has 1 aromatic carbocycles. The number of aliphatic hydroxyl groups is 1. The second-order valence-corrected chi connectivity index (χ2v) is 5.71. The Labute approximate surface area is 134 Å². The predicted molar refractivity (Wildman–Crippen MR) is 88.9 cm³/mol. The summed E-state index contributed by atoms with van der Waals surface area (Å²) in [5.41, 5.74) is 0.607. The summed E-state index contributed by atoms with van der Waals surface area (Å²) in [4.78, 5) is 2.33. The van der Waals surface area contributed by atoms with E-state index >= 15 is 0 Å². The van der Waals surface area contributed by atoms with E-state index in [0.717, 1.165) is 25.8 Å². The first kappa shape index (κ1) is 18.5. The summed E-state index contributed by atoms with van der Waals surface area (Å²) in [6.45, 7) is 8.46. The molecule has 4 heteroatoms. The molecule has 0 amide bonds. The first-order valence-corrected chi connectivity index (χ1v) is 8.15. The Morgan fingerprint density at radius 3 is 2.50 bits per heavy atom. The highest BCUT2D eigenvalue weighted by atomic mass is 16.5. The summed E-state index contributed by atoms with van der Waals surface area (Å²) in [7, 11) is 0. The molecule has 0 aliphatic carbocycles. The molecule has 0 saturated carbocycles. The molecule has 0 bridgehead atoms. The van der Waals surface area contributed by atoms with Crippen LogP contribution in [0.1, 0.15) is 45.6 Å². The van der Waals surface area contributed by atoms with Crippen LogP contribution in [0.2, 0.25) is 0 Å². The molecule has 1 N–H and O–H groups in total. The Balaban J connectivity index is 2.44. The second-order valence-electron chi connectivity index (χ2n) is 5.71. The number of rotatable bonds is 10. The maximum Gasteiger partial charge on any atom is 0.119 e. The number of hydrogen-bond donors (Lipinski definition) is 1. The average Bonchev–Trinajstić information content (AvgIpc) is 2.56. The highest BCUT2D eigenvalue weighted by Crippen LogP contribution is 2.13. The standard InChI is InChI=1S/C18H28N2O2/c1-4-6-11-20(15(3)5-2)13-17(21)14-22-18-9-7-16(12-19)8-10-18/h7-10,15,17,21H,4-6,11,13-14H2,1-3H3/t15-,17-/m0/s1. The van der Waals surface area contributed by atoms with Gasteiger partial charge in [0, 0.05) is 12.6 Å². The van der Waals surface area contributed by atoms with Gasteiger partial charge in [-0.15, -0.1) is 0 Å². The zero-order valence-electron chi connectivity index (χ0n) is 14.0. The van der Waals surface area contributed by atoms with E-state index in [9.17, 15) is 5.11 Å². The van der Waals surface area contributed by atoms with E-state index in [2.05, 4.69) is 31.7 Å². The molecule has 22 heavy (non-hydrogen) atoms. The summed E-state index contributed by atoms with van der Waals surface area (Å²) in [6.07, 6.45) is 2.87. The van der Waals surface area contributed by atoms with Crippen molar-refractivity contribution in [2.75, 3.05) is 19.7 Å². The van der Waals surface area contributed by atoms with Crippen LogP contribution in [0.3, 0.4) is 0 Å². The highest BCUT2D eigenvalue weighted by molar-refractivity contribution is 5.34. The largest absolute Gasteiger partial charge is 0.491 e. The highest BCUT2D eigenvalue weighted by Gasteiger charge is 2.16. The van der Waals surface area contributed by atoms with Crippen molar-refractivity contribution in [3.63, 3.8) is 0 Å². The van der Waals surface area contributed by atoms with Crippen molar-refractivity contribution in [2.24, 2.45) is 0 Å². The third kappa shape index (κ3) is 6.46. The fourth-order valence-electron chi connectivity index (χ4n) is 2.25. The first-order chi connectivity index (χ1) is 10.6. The maximum absolute atomic E-state index is 10.2. The minimum atomic E-state index is -0.513. The van der Waals surface area contributed by atoms with Gasteiger partial charge in [-0.3, -0.25) is 4.90 Å². The first-order valence-electron chi connectivity index (χ1n) is 8.15. The van der Waals surface area contributed by atoms with Gasteiger partial charge < -0.3 is 9.84 Å². The summed E-state index contributed by atoms with van der Waals surface area (Å²) in [5.74, 6) is 0.682. The van der Waals surface area contributed by atoms with Crippen molar-refractivity contribution in [3.05, 3.63) is 29.8 Å². The van der Waals surface area contributed by atoms with Crippen molar-refractivity contribution in [1.82, 2.24) is 4.90 Å². The van der Waals surface area contributed by atoms with Gasteiger partial charge in [-0.1, -0.05) is 20.3 Å². The quantitative estimate of drug-likeness (QED) is 0.721. The fourth-order valence-corrected chi connectivity index (χ4v) is 2.25. The van der Waals surface area contributed by atoms with E-state index in [1.54, 1.807) is 24.3 Å². The van der Waals surface area contributed by atoms with Crippen molar-refractivity contribution >= 4 is 0 Å². The molecule has 0 radical (unpaired) electrons. The average molecular weight is 304 g/mol. The van der Waals surface area contributed by atoms with Gasteiger partial charge in [0.2, 0.25) is 0 Å². The minimum Gasteiger partial charge on any atom is -0.491 e. The number of aliphatic hydroxyl groups excluding tert-OH is 1. The number of unbranched alkanes of at least 4 members (excludes halogenated alkanes) is 1. The third-order valence-electron chi connectivity index (χ3n) is 3.88. The topological polar surface area (TPSA) is 56.5 Å². The lowest BCUT2D eigenvalue weighted by Gasteiger charge is -2.30. The van der Waals surface area contributed by atoms with Crippen LogP contribution < -0.4 is 4.74 Å². The van der Waals surface area contributed by atoms with Gasteiger partial charge in [-0.25, -0.2) is 0 Å². The van der Waals surface area contributed by atoms with Crippen LogP contribution in [0.25, 0.3) is 0 Å². The molecule has 0 fully saturated rings. The minimum absolute atomic E-state index is 0.269. The van der Waals surface area contributed by atoms with Crippen LogP contribution >= 0.6 is 0 Å². The van der Waals surface area contributed by atoms with Gasteiger partial charge >= 0.3 is 0 Å². The van der Waals surface area contributed by atoms with Crippen molar-refractivity contribution < 1.29 is 9.84 Å². The molecular formula is C18H28N2O2. The van der Waals surface area contributed by atoms with Crippen LogP contribution in [0.15, 0.2) is 24.3 Å². The number of ether oxygens (including phenoxy) is 1. The Morgan fingerprint density at radius 2 is 1.95 bits per heavy atom. The Hall–Kier alpha value is -1.57. The number of benzene rings is 1. The van der Waals surface area contributed by atoms with E-state index < -0.39 is 6.10 Å². The number of hydrogen-bond acceptors (Lipinski definition) is 4. The van der Waals surface area contributed by atoms with E-state index in [1.165, 1.54) is 0 Å². The summed E-state index contributed by atoms with van der Waals surface area (Å²) >= 11 is 0. The fraction of sp³-hybridized carbons (Fsp3) is 0.611. The zero-order chi connectivity index (χ0) is 16.4. The summed E-state index contributed by atoms with van der Waals surface area (Å²) in [5, 5.41) is 19.0. The lowest BCUT2D eigenvalue weighted by atomic mass is 10.1. The van der Waals surface area contributed by atoms with Crippen LogP contribution in [-0.2, 0) is 0 Å². The molecule has 0 unspecified atom stereocenters. The van der Waals surface area contributed by atoms with E-state index in [-0.39, 0.29) is 6.61 Å². The van der Waals surface area contributed by atoms with Crippen LogP contribution in [0.5, 0.6) is 5.75 Å². The molecule has 0 spiro atoms. The van der Waals surface area contributed by atoms with Crippen LogP contribution in [0.4, 0.5) is 0 Å². The normalized spacial score (nSPS) is 13.6. The Bertz CT molecular complexity index is 453. The smallest absolute Gasteiger partial charge is 0.119 e. The van der Waals surface area contributed by atoms with Gasteiger partial charge in [0.1, 0.15) is 18.5 Å². The van der Waals surface area contributed by atoms with E-state index in [4.69, 9.17) is 10.00 Å². The summed E-state index contributed by atoms with van der Waals surface area (Å²) in [6, 6.07) is 9.49. The van der Waals surface area contributed by atoms with Crippen molar-refractivity contribution in [1.29, 1.82) is 5.26 Å². The lowest BCUT2D eigenvalue weighted by Crippen LogP contribution is -2.41. The monoisotopic (exact) mass is 304 g/mol. The van der Waals surface area contributed by atoms with Gasteiger partial charge in [0.25, 0.3) is 0 Å². The molecule has 0 aliphatic rings. The van der Waals surface area contributed by atoms with Gasteiger partial charge in [0.05, 0.1) is 11.6 Å². The molecule has 122 valence electrons. The zero-order valence-corrected chi connectivity index (χ0v) is 14.0. The summed E-state index contributed by atoms with van der Waals surface area (Å²) < 4.78 is 5.60. The van der Waals surface area contributed by atoms with Gasteiger partial charge in [0.15, 0.2) is 0 Å². The number of nitriles is 1. The Morgan fingerprint density at radius 1 is 1.27 bits per heavy atom. The van der Waals surface area contributed by atoms with Crippen LogP contribution in [-0.4, -0.2) is 41.8 Å². The molecule has 1 rings (SSSR count). The Kier molecular flexibility index (Phi) is 8.57. The van der Waals surface area contributed by atoms with Crippen LogP contribution in [0, 0.1) is 11.3 Å². The molecule has 4 nitrogen and oxygen atoms in total. The van der Waals surface area contributed by atoms with Gasteiger partial charge in [-0.2, -0.15) is 5.26 Å². The molecule has 1 aromatic rings. The molecule has 0 aromatic heterocycles. The molecule has 0 saturated heterocycles. The molecule has 2 atom stereocenters. The van der Waals surface area contributed by atoms with Crippen molar-refractivity contribution in [2.45, 2.75) is 52.2 Å². The van der Waals surface area contributed by atoms with E-state index in [1.807, 2.05) is 0 Å². The van der Waals surface area contributed by atoms with E-state index in [0.29, 0.717) is 23.9 Å². The predicted octanol–water partition coefficient (Wildman–Crippen LogP) is 3.20. The maximum atomic E-state index is 10.2. The third-order valence-corrected chi connectivity index (χ3v) is 3.88. The lowest BCUT2D eigenvalue weighted by molar-refractivity contribution is 0.0534.